The Hall–Kier alpha value is -3.44. The van der Waals surface area contributed by atoms with Crippen LogP contribution in [-0.4, -0.2) is 57.3 Å². The molecular weight excluding hydrogens is 486 g/mol. The quantitative estimate of drug-likeness (QED) is 0.559. The van der Waals surface area contributed by atoms with Crippen LogP contribution in [0.5, 0.6) is 11.5 Å². The Kier molecular flexibility index (Phi) is 7.32. The normalized spacial score (nSPS) is 18.9. The Labute approximate surface area is 210 Å². The van der Waals surface area contributed by atoms with Crippen LogP contribution in [0.1, 0.15) is 48.9 Å². The van der Waals surface area contributed by atoms with Crippen LogP contribution in [0.25, 0.3) is 0 Å². The van der Waals surface area contributed by atoms with Gasteiger partial charge in [0, 0.05) is 11.6 Å². The van der Waals surface area contributed by atoms with Gasteiger partial charge in [0.25, 0.3) is 11.8 Å². The fraction of sp³-hybridized carbons (Fsp3) is 0.400. The number of sulfonamides is 1. The highest BCUT2D eigenvalue weighted by Gasteiger charge is 2.46. The second kappa shape index (κ2) is 10.3. The number of hydrogen-bond donors (Lipinski definition) is 1. The van der Waals surface area contributed by atoms with E-state index in [4.69, 9.17) is 14.6 Å². The standard InChI is InChI=1S/C25H29N3O7S/c1-34-21-13-8-16(14-22(21)35-2)24(30)27(17-6-4-3-5-7-17)20-15-23(29)28(25(20)31)18-9-11-19(12-10-18)36(26,32)33/h8-14,17,20H,3-7,15H2,1-2H3,(H2,26,32,33). The van der Waals surface area contributed by atoms with Crippen molar-refractivity contribution in [2.75, 3.05) is 19.1 Å². The van der Waals surface area contributed by atoms with Gasteiger partial charge in [0.05, 0.1) is 31.2 Å². The summed E-state index contributed by atoms with van der Waals surface area (Å²) in [5, 5.41) is 5.15. The van der Waals surface area contributed by atoms with Crippen molar-refractivity contribution in [3.05, 3.63) is 48.0 Å². The van der Waals surface area contributed by atoms with Crippen molar-refractivity contribution < 1.29 is 32.3 Å². The van der Waals surface area contributed by atoms with E-state index in [0.29, 0.717) is 17.1 Å². The lowest BCUT2D eigenvalue weighted by Crippen LogP contribution is -2.51. The predicted molar refractivity (Wildman–Crippen MR) is 131 cm³/mol. The molecule has 1 saturated heterocycles. The van der Waals surface area contributed by atoms with Crippen LogP contribution in [0.3, 0.4) is 0 Å². The van der Waals surface area contributed by atoms with Gasteiger partial charge in [0.15, 0.2) is 11.5 Å². The maximum absolute atomic E-state index is 13.8. The third-order valence-electron chi connectivity index (χ3n) is 6.72. The van der Waals surface area contributed by atoms with Crippen LogP contribution in [0.2, 0.25) is 0 Å². The number of hydrogen-bond acceptors (Lipinski definition) is 7. The van der Waals surface area contributed by atoms with E-state index in [9.17, 15) is 22.8 Å². The van der Waals surface area contributed by atoms with Gasteiger partial charge in [-0.1, -0.05) is 19.3 Å². The molecule has 0 spiro atoms. The molecule has 11 heteroatoms. The molecule has 1 aliphatic carbocycles. The lowest BCUT2D eigenvalue weighted by molar-refractivity contribution is -0.123. The molecule has 2 aromatic carbocycles. The molecule has 4 rings (SSSR count). The number of imide groups is 1. The summed E-state index contributed by atoms with van der Waals surface area (Å²) >= 11 is 0. The zero-order valence-corrected chi connectivity index (χ0v) is 21.0. The molecule has 0 aromatic heterocycles. The maximum atomic E-state index is 13.8. The molecule has 1 aliphatic heterocycles. The third kappa shape index (κ3) is 4.93. The van der Waals surface area contributed by atoms with Crippen molar-refractivity contribution in [2.45, 2.75) is 55.5 Å². The van der Waals surface area contributed by atoms with Crippen LogP contribution in [0, 0.1) is 0 Å². The van der Waals surface area contributed by atoms with E-state index in [1.165, 1.54) is 38.5 Å². The molecule has 2 aromatic rings. The number of rotatable bonds is 7. The van der Waals surface area contributed by atoms with E-state index in [2.05, 4.69) is 0 Å². The summed E-state index contributed by atoms with van der Waals surface area (Å²) in [6.45, 7) is 0. The van der Waals surface area contributed by atoms with E-state index in [1.54, 1.807) is 23.1 Å². The lowest BCUT2D eigenvalue weighted by Gasteiger charge is -2.37. The number of carbonyl (C=O) groups excluding carboxylic acids is 3. The van der Waals surface area contributed by atoms with E-state index in [1.807, 2.05) is 0 Å². The van der Waals surface area contributed by atoms with Crippen LogP contribution < -0.4 is 19.5 Å². The van der Waals surface area contributed by atoms with Gasteiger partial charge in [0.2, 0.25) is 15.9 Å². The molecule has 0 radical (unpaired) electrons. The van der Waals surface area contributed by atoms with Crippen molar-refractivity contribution in [1.29, 1.82) is 0 Å². The van der Waals surface area contributed by atoms with Gasteiger partial charge in [-0.05, 0) is 55.3 Å². The van der Waals surface area contributed by atoms with Gasteiger partial charge < -0.3 is 14.4 Å². The summed E-state index contributed by atoms with van der Waals surface area (Å²) in [6.07, 6.45) is 4.21. The zero-order chi connectivity index (χ0) is 26.0. The summed E-state index contributed by atoms with van der Waals surface area (Å²) in [7, 11) is -0.946. The topological polar surface area (TPSA) is 136 Å². The highest BCUT2D eigenvalue weighted by atomic mass is 32.2. The second-order valence-corrected chi connectivity index (χ2v) is 10.5. The van der Waals surface area contributed by atoms with Gasteiger partial charge >= 0.3 is 0 Å². The molecule has 36 heavy (non-hydrogen) atoms. The molecule has 0 bridgehead atoms. The Morgan fingerprint density at radius 1 is 0.972 bits per heavy atom. The Morgan fingerprint density at radius 2 is 1.61 bits per heavy atom. The van der Waals surface area contributed by atoms with E-state index < -0.39 is 27.9 Å². The Bertz CT molecular complexity index is 1270. The van der Waals surface area contributed by atoms with Gasteiger partial charge in [-0.3, -0.25) is 14.4 Å². The first-order chi connectivity index (χ1) is 17.2. The molecule has 1 saturated carbocycles. The lowest BCUT2D eigenvalue weighted by atomic mass is 9.92. The minimum atomic E-state index is -3.92. The molecule has 192 valence electrons. The molecule has 2 aliphatic rings. The maximum Gasteiger partial charge on any atom is 0.257 e. The minimum absolute atomic E-state index is 0.130. The van der Waals surface area contributed by atoms with Gasteiger partial charge in [-0.25, -0.2) is 18.5 Å². The van der Waals surface area contributed by atoms with Gasteiger partial charge in [0.1, 0.15) is 6.04 Å². The SMILES string of the molecule is COc1ccc(C(=O)N(C2CCCCC2)C2CC(=O)N(c3ccc(S(N)(=O)=O)cc3)C2=O)cc1OC. The number of primary sulfonamides is 1. The minimum Gasteiger partial charge on any atom is -0.493 e. The summed E-state index contributed by atoms with van der Waals surface area (Å²) < 4.78 is 33.8. The third-order valence-corrected chi connectivity index (χ3v) is 7.64. The number of methoxy groups -OCH3 is 2. The number of amides is 3. The zero-order valence-electron chi connectivity index (χ0n) is 20.2. The Balaban J connectivity index is 1.68. The number of nitrogens with zero attached hydrogens (tertiary/aromatic N) is 2. The number of anilines is 1. The monoisotopic (exact) mass is 515 g/mol. The van der Waals surface area contributed by atoms with Crippen LogP contribution in [0.4, 0.5) is 5.69 Å². The number of carbonyl (C=O) groups is 3. The fourth-order valence-corrected chi connectivity index (χ4v) is 5.44. The predicted octanol–water partition coefficient (Wildman–Crippen LogP) is 2.46. The molecule has 1 heterocycles. The van der Waals surface area contributed by atoms with E-state index in [0.717, 1.165) is 37.0 Å². The Morgan fingerprint density at radius 3 is 2.19 bits per heavy atom. The number of ether oxygens (including phenoxy) is 2. The van der Waals surface area contributed by atoms with Crippen molar-refractivity contribution in [2.24, 2.45) is 5.14 Å². The fourth-order valence-electron chi connectivity index (χ4n) is 4.93. The highest BCUT2D eigenvalue weighted by molar-refractivity contribution is 7.89. The first-order valence-corrected chi connectivity index (χ1v) is 13.2. The van der Waals surface area contributed by atoms with Crippen molar-refractivity contribution in [3.63, 3.8) is 0 Å². The summed E-state index contributed by atoms with van der Waals surface area (Å²) in [6, 6.07) is 8.86. The molecule has 1 unspecified atom stereocenters. The summed E-state index contributed by atoms with van der Waals surface area (Å²) in [4.78, 5) is 42.8. The molecule has 3 amide bonds. The van der Waals surface area contributed by atoms with Gasteiger partial charge in [-0.15, -0.1) is 0 Å². The van der Waals surface area contributed by atoms with Crippen LogP contribution in [0.15, 0.2) is 47.4 Å². The first kappa shape index (κ1) is 25.6. The first-order valence-electron chi connectivity index (χ1n) is 11.7. The van der Waals surface area contributed by atoms with Crippen molar-refractivity contribution in [1.82, 2.24) is 4.90 Å². The largest absolute Gasteiger partial charge is 0.493 e. The molecule has 2 N–H and O–H groups in total. The number of benzene rings is 2. The molecular formula is C25H29N3O7S. The highest BCUT2D eigenvalue weighted by Crippen LogP contribution is 2.34. The molecule has 1 atom stereocenters. The second-order valence-electron chi connectivity index (χ2n) is 8.90. The van der Waals surface area contributed by atoms with E-state index >= 15 is 0 Å². The van der Waals surface area contributed by atoms with Crippen molar-refractivity contribution in [3.8, 4) is 11.5 Å². The average molecular weight is 516 g/mol. The summed E-state index contributed by atoms with van der Waals surface area (Å²) in [5.41, 5.74) is 0.552. The smallest absolute Gasteiger partial charge is 0.257 e. The van der Waals surface area contributed by atoms with Crippen LogP contribution in [-0.2, 0) is 19.6 Å². The average Bonchev–Trinajstić information content (AvgIpc) is 3.17. The van der Waals surface area contributed by atoms with Crippen molar-refractivity contribution >= 4 is 33.4 Å². The van der Waals surface area contributed by atoms with Gasteiger partial charge in [-0.2, -0.15) is 0 Å². The molecule has 10 nitrogen and oxygen atoms in total. The summed E-state index contributed by atoms with van der Waals surface area (Å²) in [5.74, 6) is -0.491. The number of nitrogens with two attached hydrogens (primary N) is 1. The van der Waals surface area contributed by atoms with Crippen LogP contribution >= 0.6 is 0 Å². The molecule has 2 fully saturated rings. The van der Waals surface area contributed by atoms with E-state index in [-0.39, 0.29) is 29.0 Å².